The molecule has 0 saturated carbocycles. The van der Waals surface area contributed by atoms with Crippen LogP contribution in [-0.2, 0) is 17.8 Å². The van der Waals surface area contributed by atoms with Crippen molar-refractivity contribution in [2.75, 3.05) is 20.2 Å². The van der Waals surface area contributed by atoms with E-state index in [1.807, 2.05) is 36.4 Å². The summed E-state index contributed by atoms with van der Waals surface area (Å²) in [6.45, 7) is 2.00. The summed E-state index contributed by atoms with van der Waals surface area (Å²) in [5.74, 6) is 1.54. The van der Waals surface area contributed by atoms with E-state index in [1.165, 1.54) is 11.1 Å². The maximum atomic E-state index is 13.3. The van der Waals surface area contributed by atoms with Gasteiger partial charge in [-0.1, -0.05) is 24.3 Å². The Hall–Kier alpha value is -3.38. The van der Waals surface area contributed by atoms with Crippen molar-refractivity contribution in [3.63, 3.8) is 0 Å². The van der Waals surface area contributed by atoms with Crippen LogP contribution in [0.15, 0.2) is 76.4 Å². The first-order valence-corrected chi connectivity index (χ1v) is 10.6. The van der Waals surface area contributed by atoms with Gasteiger partial charge in [-0.25, -0.2) is 5.01 Å². The average Bonchev–Trinajstić information content (AvgIpc) is 3.49. The highest BCUT2D eigenvalue weighted by molar-refractivity contribution is 6.03. The van der Waals surface area contributed by atoms with Crippen LogP contribution < -0.4 is 4.74 Å². The highest BCUT2D eigenvalue weighted by Crippen LogP contribution is 2.33. The molecule has 2 aliphatic rings. The number of rotatable bonds is 5. The molecule has 6 heteroatoms. The maximum Gasteiger partial charge on any atom is 0.257 e. The van der Waals surface area contributed by atoms with Crippen molar-refractivity contribution < 1.29 is 13.9 Å². The molecule has 158 valence electrons. The van der Waals surface area contributed by atoms with Crippen molar-refractivity contribution in [3.05, 3.63) is 89.4 Å². The van der Waals surface area contributed by atoms with Gasteiger partial charge in [-0.2, -0.15) is 5.10 Å². The molecule has 0 fully saturated rings. The predicted molar refractivity (Wildman–Crippen MR) is 118 cm³/mol. The Morgan fingerprint density at radius 2 is 1.90 bits per heavy atom. The molecule has 0 N–H and O–H groups in total. The number of hydrogen-bond donors (Lipinski definition) is 0. The fourth-order valence-corrected chi connectivity index (χ4v) is 4.35. The van der Waals surface area contributed by atoms with E-state index < -0.39 is 0 Å². The molecule has 6 nitrogen and oxygen atoms in total. The lowest BCUT2D eigenvalue weighted by molar-refractivity contribution is -0.134. The molecule has 5 rings (SSSR count). The molecule has 3 heterocycles. The van der Waals surface area contributed by atoms with Crippen LogP contribution in [-0.4, -0.2) is 41.7 Å². The Kier molecular flexibility index (Phi) is 5.30. The third-order valence-corrected chi connectivity index (χ3v) is 6.03. The van der Waals surface area contributed by atoms with Crippen molar-refractivity contribution in [1.29, 1.82) is 0 Å². The zero-order valence-corrected chi connectivity index (χ0v) is 17.5. The van der Waals surface area contributed by atoms with Crippen LogP contribution in [0.2, 0.25) is 0 Å². The molecule has 1 aromatic heterocycles. The largest absolute Gasteiger partial charge is 0.497 e. The fraction of sp³-hybridized carbons (Fsp3) is 0.280. The molecule has 3 aromatic rings. The van der Waals surface area contributed by atoms with Crippen LogP contribution in [0.3, 0.4) is 0 Å². The monoisotopic (exact) mass is 415 g/mol. The summed E-state index contributed by atoms with van der Waals surface area (Å²) in [5.41, 5.74) is 4.54. The summed E-state index contributed by atoms with van der Waals surface area (Å²) in [4.78, 5) is 15.5. The quantitative estimate of drug-likeness (QED) is 0.632. The van der Waals surface area contributed by atoms with Gasteiger partial charge in [-0.3, -0.25) is 9.69 Å². The van der Waals surface area contributed by atoms with Crippen molar-refractivity contribution in [2.24, 2.45) is 5.10 Å². The first-order valence-electron chi connectivity index (χ1n) is 10.6. The number of benzene rings is 2. The van der Waals surface area contributed by atoms with Crippen molar-refractivity contribution in [2.45, 2.75) is 25.4 Å². The van der Waals surface area contributed by atoms with E-state index in [0.29, 0.717) is 13.0 Å². The number of carbonyl (C=O) groups is 1. The normalized spacial score (nSPS) is 18.5. The molecule has 31 heavy (non-hydrogen) atoms. The number of furan rings is 1. The Balaban J connectivity index is 1.36. The molecule has 2 aromatic carbocycles. The number of carbonyl (C=O) groups excluding carboxylic acids is 1. The number of hydrogen-bond acceptors (Lipinski definition) is 5. The molecular weight excluding hydrogens is 390 g/mol. The summed E-state index contributed by atoms with van der Waals surface area (Å²) in [5, 5.41) is 6.34. The third kappa shape index (κ3) is 3.99. The molecule has 0 saturated heterocycles. The second kappa shape index (κ2) is 8.40. The van der Waals surface area contributed by atoms with Crippen molar-refractivity contribution in [1.82, 2.24) is 9.91 Å². The maximum absolute atomic E-state index is 13.3. The number of amides is 1. The van der Waals surface area contributed by atoms with Crippen LogP contribution in [0.5, 0.6) is 5.75 Å². The van der Waals surface area contributed by atoms with E-state index >= 15 is 0 Å². The van der Waals surface area contributed by atoms with Gasteiger partial charge >= 0.3 is 0 Å². The van der Waals surface area contributed by atoms with Gasteiger partial charge in [0, 0.05) is 19.5 Å². The van der Waals surface area contributed by atoms with Crippen molar-refractivity contribution in [3.8, 4) is 5.75 Å². The molecule has 1 amide bonds. The average molecular weight is 415 g/mol. The summed E-state index contributed by atoms with van der Waals surface area (Å²) in [6.07, 6.45) is 3.23. The van der Waals surface area contributed by atoms with Crippen LogP contribution in [0.4, 0.5) is 0 Å². The number of ether oxygens (including phenoxy) is 1. The number of fused-ring (bicyclic) bond motifs is 1. The minimum Gasteiger partial charge on any atom is -0.497 e. The summed E-state index contributed by atoms with van der Waals surface area (Å²) in [7, 11) is 1.65. The molecular formula is C25H25N3O3. The Morgan fingerprint density at radius 1 is 1.10 bits per heavy atom. The van der Waals surface area contributed by atoms with Gasteiger partial charge in [0.15, 0.2) is 0 Å². The Labute approximate surface area is 181 Å². The minimum atomic E-state index is -0.225. The standard InChI is InChI=1S/C25H25N3O3/c1-30-21-10-8-19(9-11-21)22-15-23(24-7-4-14-31-24)28(26-22)25(29)17-27-13-12-18-5-2-3-6-20(18)16-27/h2-11,14,23H,12-13,15-17H2,1H3/t23-/m1/s1. The van der Waals surface area contributed by atoms with Gasteiger partial charge in [0.1, 0.15) is 17.6 Å². The molecule has 0 spiro atoms. The lowest BCUT2D eigenvalue weighted by Gasteiger charge is -2.30. The van der Waals surface area contributed by atoms with Crippen LogP contribution in [0.25, 0.3) is 0 Å². The second-order valence-corrected chi connectivity index (χ2v) is 7.98. The Morgan fingerprint density at radius 3 is 2.65 bits per heavy atom. The van der Waals surface area contributed by atoms with Gasteiger partial charge in [0.25, 0.3) is 5.91 Å². The smallest absolute Gasteiger partial charge is 0.257 e. The Bertz CT molecular complexity index is 1090. The highest BCUT2D eigenvalue weighted by atomic mass is 16.5. The fourth-order valence-electron chi connectivity index (χ4n) is 4.35. The summed E-state index contributed by atoms with van der Waals surface area (Å²) in [6, 6.07) is 19.8. The van der Waals surface area contributed by atoms with Gasteiger partial charge in [-0.15, -0.1) is 0 Å². The van der Waals surface area contributed by atoms with E-state index in [4.69, 9.17) is 14.3 Å². The first kappa shape index (κ1) is 19.6. The highest BCUT2D eigenvalue weighted by Gasteiger charge is 2.35. The molecule has 1 atom stereocenters. The topological polar surface area (TPSA) is 58.3 Å². The van der Waals surface area contributed by atoms with Crippen LogP contribution in [0, 0.1) is 0 Å². The van der Waals surface area contributed by atoms with Gasteiger partial charge < -0.3 is 9.15 Å². The van der Waals surface area contributed by atoms with Crippen molar-refractivity contribution >= 4 is 11.6 Å². The van der Waals surface area contributed by atoms with E-state index in [0.717, 1.165) is 42.3 Å². The lowest BCUT2D eigenvalue weighted by Crippen LogP contribution is -2.40. The first-order chi connectivity index (χ1) is 15.2. The zero-order chi connectivity index (χ0) is 21.2. The van der Waals surface area contributed by atoms with Crippen LogP contribution in [0.1, 0.15) is 34.9 Å². The molecule has 0 unspecified atom stereocenters. The van der Waals surface area contributed by atoms with Gasteiger partial charge in [0.2, 0.25) is 0 Å². The summed E-state index contributed by atoms with van der Waals surface area (Å²) < 4.78 is 10.9. The van der Waals surface area contributed by atoms with E-state index in [-0.39, 0.29) is 11.9 Å². The second-order valence-electron chi connectivity index (χ2n) is 7.98. The van der Waals surface area contributed by atoms with Gasteiger partial charge in [0.05, 0.1) is 25.6 Å². The molecule has 0 radical (unpaired) electrons. The molecule has 2 aliphatic heterocycles. The minimum absolute atomic E-state index is 0.00991. The summed E-state index contributed by atoms with van der Waals surface area (Å²) >= 11 is 0. The van der Waals surface area contributed by atoms with Gasteiger partial charge in [-0.05, 0) is 59.5 Å². The molecule has 0 bridgehead atoms. The van der Waals surface area contributed by atoms with E-state index in [1.54, 1.807) is 18.4 Å². The molecule has 0 aliphatic carbocycles. The number of methoxy groups -OCH3 is 1. The third-order valence-electron chi connectivity index (χ3n) is 6.03. The number of hydrazone groups is 1. The SMILES string of the molecule is COc1ccc(C2=NN(C(=O)CN3CCc4ccccc4C3)[C@@H](c3ccco3)C2)cc1. The van der Waals surface area contributed by atoms with E-state index in [9.17, 15) is 4.79 Å². The van der Waals surface area contributed by atoms with Crippen LogP contribution >= 0.6 is 0 Å². The lowest BCUT2D eigenvalue weighted by atomic mass is 10.00. The number of nitrogens with zero attached hydrogens (tertiary/aromatic N) is 3. The van der Waals surface area contributed by atoms with E-state index in [2.05, 4.69) is 29.2 Å². The zero-order valence-electron chi connectivity index (χ0n) is 17.5. The predicted octanol–water partition coefficient (Wildman–Crippen LogP) is 4.02.